The molecule has 0 aliphatic heterocycles. The minimum Gasteiger partial charge on any atom is -0.462 e. The second-order valence-electron chi connectivity index (χ2n) is 22.3. The van der Waals surface area contributed by atoms with Gasteiger partial charge in [0, 0.05) is 19.3 Å². The van der Waals surface area contributed by atoms with Gasteiger partial charge in [-0.1, -0.05) is 286 Å². The van der Waals surface area contributed by atoms with Crippen LogP contribution in [0.4, 0.5) is 0 Å². The van der Waals surface area contributed by atoms with Gasteiger partial charge in [-0.25, -0.2) is 0 Å². The zero-order valence-electron chi connectivity index (χ0n) is 51.7. The van der Waals surface area contributed by atoms with Crippen molar-refractivity contribution < 1.29 is 28.6 Å². The number of carbonyl (C=O) groups excluding carboxylic acids is 3. The third kappa shape index (κ3) is 63.4. The van der Waals surface area contributed by atoms with Crippen LogP contribution in [0, 0.1) is 0 Å². The molecule has 0 saturated carbocycles. The Hall–Kier alpha value is -3.41. The van der Waals surface area contributed by atoms with Gasteiger partial charge in [-0.3, -0.25) is 14.4 Å². The molecule has 0 spiro atoms. The lowest BCUT2D eigenvalue weighted by molar-refractivity contribution is -0.167. The summed E-state index contributed by atoms with van der Waals surface area (Å²) in [5.74, 6) is -0.929. The molecule has 6 nitrogen and oxygen atoms in total. The first-order valence-corrected chi connectivity index (χ1v) is 33.6. The van der Waals surface area contributed by atoms with E-state index in [0.29, 0.717) is 19.3 Å². The van der Waals surface area contributed by atoms with E-state index in [4.69, 9.17) is 14.2 Å². The van der Waals surface area contributed by atoms with E-state index in [1.807, 2.05) is 0 Å². The molecule has 0 aromatic carbocycles. The van der Waals surface area contributed by atoms with Crippen LogP contribution >= 0.6 is 0 Å². The van der Waals surface area contributed by atoms with Crippen molar-refractivity contribution in [2.24, 2.45) is 0 Å². The second-order valence-corrected chi connectivity index (χ2v) is 22.3. The van der Waals surface area contributed by atoms with E-state index in [0.717, 1.165) is 96.3 Å². The Bertz CT molecular complexity index is 1480. The third-order valence-corrected chi connectivity index (χ3v) is 14.6. The summed E-state index contributed by atoms with van der Waals surface area (Å²) < 4.78 is 16.9. The highest BCUT2D eigenvalue weighted by Gasteiger charge is 2.19. The smallest absolute Gasteiger partial charge is 0.306 e. The molecule has 0 heterocycles. The number of hydrogen-bond donors (Lipinski definition) is 0. The van der Waals surface area contributed by atoms with Crippen molar-refractivity contribution in [3.8, 4) is 0 Å². The molecular formula is C72H126O6. The first-order valence-electron chi connectivity index (χ1n) is 33.6. The standard InChI is InChI=1S/C72H126O6/c1-4-7-10-13-16-19-22-25-28-30-32-33-34-35-36-37-38-39-40-42-44-47-50-53-56-59-62-65-71(74)77-68-69(67-76-70(73)64-61-58-55-52-49-46-43-27-24-21-18-15-12-9-6-3)78-72(75)66-63-60-57-54-51-48-45-41-31-29-26-23-20-17-14-11-8-5-2/h9,12,18,20-21,23,27,29-32,43,49,52,69H,4-8,10-11,13-17,19,22,24-26,28,33-42,44-48,50-51,53-68H2,1-3H3/b12-9-,21-18-,23-20-,31-29-,32-30-,43-27-,52-49-. The van der Waals surface area contributed by atoms with Crippen LogP contribution in [0.25, 0.3) is 0 Å². The van der Waals surface area contributed by atoms with Crippen molar-refractivity contribution >= 4 is 17.9 Å². The number of allylic oxidation sites excluding steroid dienone is 14. The number of esters is 3. The average molecular weight is 1090 g/mol. The molecule has 0 aromatic rings. The molecule has 1 unspecified atom stereocenters. The topological polar surface area (TPSA) is 78.9 Å². The molecule has 6 heteroatoms. The molecular weight excluding hydrogens is 961 g/mol. The van der Waals surface area contributed by atoms with Crippen LogP contribution in [0.1, 0.15) is 335 Å². The van der Waals surface area contributed by atoms with Gasteiger partial charge in [-0.15, -0.1) is 0 Å². The van der Waals surface area contributed by atoms with Crippen molar-refractivity contribution in [2.45, 2.75) is 341 Å². The number of rotatable bonds is 61. The number of carbonyl (C=O) groups is 3. The Balaban J connectivity index is 4.31. The Morgan fingerprint density at radius 1 is 0.269 bits per heavy atom. The number of unbranched alkanes of at least 4 members (excludes halogenated alkanes) is 36. The van der Waals surface area contributed by atoms with E-state index in [1.165, 1.54) is 199 Å². The Labute approximate surface area is 484 Å². The molecule has 0 bridgehead atoms. The molecule has 0 N–H and O–H groups in total. The largest absolute Gasteiger partial charge is 0.462 e. The van der Waals surface area contributed by atoms with E-state index < -0.39 is 6.10 Å². The van der Waals surface area contributed by atoms with Gasteiger partial charge in [-0.05, 0) is 116 Å². The van der Waals surface area contributed by atoms with E-state index in [2.05, 4.69) is 106 Å². The predicted molar refractivity (Wildman–Crippen MR) is 339 cm³/mol. The maximum Gasteiger partial charge on any atom is 0.306 e. The molecule has 0 aliphatic carbocycles. The lowest BCUT2D eigenvalue weighted by Crippen LogP contribution is -2.30. The second kappa shape index (κ2) is 66.1. The van der Waals surface area contributed by atoms with Gasteiger partial charge in [0.25, 0.3) is 0 Å². The van der Waals surface area contributed by atoms with Crippen molar-refractivity contribution in [3.05, 3.63) is 85.1 Å². The van der Waals surface area contributed by atoms with E-state index >= 15 is 0 Å². The zero-order valence-corrected chi connectivity index (χ0v) is 51.7. The molecule has 0 aromatic heterocycles. The molecule has 0 fully saturated rings. The van der Waals surface area contributed by atoms with Crippen molar-refractivity contribution in [1.29, 1.82) is 0 Å². The molecule has 0 saturated heterocycles. The third-order valence-electron chi connectivity index (χ3n) is 14.6. The maximum absolute atomic E-state index is 12.9. The Morgan fingerprint density at radius 2 is 0.500 bits per heavy atom. The minimum absolute atomic E-state index is 0.0912. The summed E-state index contributed by atoms with van der Waals surface area (Å²) in [6.45, 7) is 6.50. The van der Waals surface area contributed by atoms with Crippen LogP contribution in [0.5, 0.6) is 0 Å². The molecule has 0 rings (SSSR count). The molecule has 0 radical (unpaired) electrons. The fourth-order valence-electron chi connectivity index (χ4n) is 9.58. The quantitative estimate of drug-likeness (QED) is 0.0261. The van der Waals surface area contributed by atoms with Gasteiger partial charge in [0.05, 0.1) is 0 Å². The summed E-state index contributed by atoms with van der Waals surface area (Å²) >= 11 is 0. The lowest BCUT2D eigenvalue weighted by atomic mass is 10.0. The average Bonchev–Trinajstić information content (AvgIpc) is 3.44. The van der Waals surface area contributed by atoms with Gasteiger partial charge in [0.15, 0.2) is 6.10 Å². The molecule has 0 amide bonds. The molecule has 450 valence electrons. The fraction of sp³-hybridized carbons (Fsp3) is 0.764. The zero-order chi connectivity index (χ0) is 56.4. The van der Waals surface area contributed by atoms with Crippen LogP contribution in [0.3, 0.4) is 0 Å². The van der Waals surface area contributed by atoms with Crippen molar-refractivity contribution in [1.82, 2.24) is 0 Å². The minimum atomic E-state index is -0.799. The Kier molecular flexibility index (Phi) is 63.2. The monoisotopic (exact) mass is 1090 g/mol. The van der Waals surface area contributed by atoms with Crippen LogP contribution in [0.2, 0.25) is 0 Å². The lowest BCUT2D eigenvalue weighted by Gasteiger charge is -2.18. The van der Waals surface area contributed by atoms with Crippen LogP contribution in [0.15, 0.2) is 85.1 Å². The highest BCUT2D eigenvalue weighted by molar-refractivity contribution is 5.71. The van der Waals surface area contributed by atoms with Gasteiger partial charge < -0.3 is 14.2 Å². The molecule has 0 aliphatic rings. The molecule has 78 heavy (non-hydrogen) atoms. The number of ether oxygens (including phenoxy) is 3. The van der Waals surface area contributed by atoms with Crippen LogP contribution in [-0.4, -0.2) is 37.2 Å². The Morgan fingerprint density at radius 3 is 0.833 bits per heavy atom. The molecule has 1 atom stereocenters. The van der Waals surface area contributed by atoms with Crippen LogP contribution in [-0.2, 0) is 28.6 Å². The summed E-state index contributed by atoms with van der Waals surface area (Å²) in [4.78, 5) is 38.3. The van der Waals surface area contributed by atoms with Crippen LogP contribution < -0.4 is 0 Å². The SMILES string of the molecule is CC/C=C\C/C=C\C/C=C\C/C=C\CCCCC(=O)OCC(COC(=O)CCCCCCCCCCCCCCCCC/C=C\CCCCCCCCCC)OC(=O)CCCCCCCCC/C=C\C/C=C\CCCCCC. The summed E-state index contributed by atoms with van der Waals surface area (Å²) in [7, 11) is 0. The van der Waals surface area contributed by atoms with Crippen molar-refractivity contribution in [3.63, 3.8) is 0 Å². The van der Waals surface area contributed by atoms with E-state index in [-0.39, 0.29) is 31.1 Å². The maximum atomic E-state index is 12.9. The van der Waals surface area contributed by atoms with Gasteiger partial charge in [0.2, 0.25) is 0 Å². The van der Waals surface area contributed by atoms with E-state index in [9.17, 15) is 14.4 Å². The first kappa shape index (κ1) is 74.6. The normalized spacial score (nSPS) is 12.6. The van der Waals surface area contributed by atoms with Gasteiger partial charge in [0.1, 0.15) is 13.2 Å². The van der Waals surface area contributed by atoms with Gasteiger partial charge in [-0.2, -0.15) is 0 Å². The summed E-state index contributed by atoms with van der Waals surface area (Å²) in [6, 6.07) is 0. The van der Waals surface area contributed by atoms with Crippen molar-refractivity contribution in [2.75, 3.05) is 13.2 Å². The van der Waals surface area contributed by atoms with Gasteiger partial charge >= 0.3 is 17.9 Å². The predicted octanol–water partition coefficient (Wildman–Crippen LogP) is 23.1. The highest BCUT2D eigenvalue weighted by atomic mass is 16.6. The van der Waals surface area contributed by atoms with E-state index in [1.54, 1.807) is 0 Å². The first-order chi connectivity index (χ1) is 38.5. The highest BCUT2D eigenvalue weighted by Crippen LogP contribution is 2.17. The fourth-order valence-corrected chi connectivity index (χ4v) is 9.58. The summed E-state index contributed by atoms with van der Waals surface area (Å²) in [5, 5.41) is 0. The summed E-state index contributed by atoms with van der Waals surface area (Å²) in [5.41, 5.74) is 0. The summed E-state index contributed by atoms with van der Waals surface area (Å²) in [6.07, 6.45) is 87.5. The number of hydrogen-bond acceptors (Lipinski definition) is 6.